The second-order valence-corrected chi connectivity index (χ2v) is 15.0. The van der Waals surface area contributed by atoms with Crippen molar-refractivity contribution in [2.75, 3.05) is 6.61 Å². The molecule has 0 saturated carbocycles. The van der Waals surface area contributed by atoms with Gasteiger partial charge in [-0.15, -0.1) is 0 Å². The van der Waals surface area contributed by atoms with E-state index in [1.165, 1.54) is 103 Å². The first-order chi connectivity index (χ1) is 25.5. The molecule has 0 heterocycles. The van der Waals surface area contributed by atoms with Gasteiger partial charge in [0.15, 0.2) is 0 Å². The number of hydrogen-bond acceptors (Lipinski definition) is 5. The van der Waals surface area contributed by atoms with E-state index in [1.807, 2.05) is 0 Å². The number of aliphatic hydroxyl groups is 4. The van der Waals surface area contributed by atoms with Gasteiger partial charge in [0.25, 0.3) is 0 Å². The minimum absolute atomic E-state index is 0.341. The Morgan fingerprint density at radius 1 is 0.462 bits per heavy atom. The van der Waals surface area contributed by atoms with E-state index >= 15 is 0 Å². The molecular weight excluding hydrogens is 647 g/mol. The summed E-state index contributed by atoms with van der Waals surface area (Å²) in [6, 6.07) is -1.02. The summed E-state index contributed by atoms with van der Waals surface area (Å²) in [4.78, 5) is 12.4. The molecule has 0 bridgehead atoms. The van der Waals surface area contributed by atoms with E-state index in [0.29, 0.717) is 19.3 Å². The molecule has 0 aromatic carbocycles. The SMILES string of the molecule is CCCC/C=C\CCCCCCC(O)C(=O)NC(CO)C(O)C(O)CCC/C=C/CC/C=C/CC/C=C/CCCCCCCCCCCCCCC. The molecule has 0 aromatic heterocycles. The predicted molar refractivity (Wildman–Crippen MR) is 223 cm³/mol. The highest BCUT2D eigenvalue weighted by Gasteiger charge is 2.28. The molecule has 0 aliphatic carbocycles. The molecule has 4 atom stereocenters. The summed E-state index contributed by atoms with van der Waals surface area (Å²) in [6.07, 6.45) is 48.8. The van der Waals surface area contributed by atoms with Crippen molar-refractivity contribution in [2.24, 2.45) is 0 Å². The zero-order valence-corrected chi connectivity index (χ0v) is 34.0. The van der Waals surface area contributed by atoms with Crippen molar-refractivity contribution in [2.45, 2.75) is 231 Å². The van der Waals surface area contributed by atoms with E-state index in [2.05, 4.69) is 67.8 Å². The molecule has 0 saturated heterocycles. The van der Waals surface area contributed by atoms with Gasteiger partial charge in [0.05, 0.1) is 18.8 Å². The average molecular weight is 732 g/mol. The summed E-state index contributed by atoms with van der Waals surface area (Å²) in [5, 5.41) is 43.5. The number of nitrogens with one attached hydrogen (secondary N) is 1. The topological polar surface area (TPSA) is 110 Å². The van der Waals surface area contributed by atoms with Crippen LogP contribution in [0.15, 0.2) is 48.6 Å². The van der Waals surface area contributed by atoms with Crippen molar-refractivity contribution in [3.63, 3.8) is 0 Å². The molecule has 0 spiro atoms. The number of rotatable bonds is 39. The van der Waals surface area contributed by atoms with Crippen molar-refractivity contribution in [1.82, 2.24) is 5.32 Å². The Bertz CT molecular complexity index is 869. The van der Waals surface area contributed by atoms with Gasteiger partial charge in [0.2, 0.25) is 5.91 Å². The van der Waals surface area contributed by atoms with Crippen molar-refractivity contribution in [3.8, 4) is 0 Å². The van der Waals surface area contributed by atoms with Gasteiger partial charge in [-0.2, -0.15) is 0 Å². The number of carbonyl (C=O) groups is 1. The van der Waals surface area contributed by atoms with Crippen LogP contribution in [0.2, 0.25) is 0 Å². The lowest BCUT2D eigenvalue weighted by Crippen LogP contribution is -2.53. The lowest BCUT2D eigenvalue weighted by atomic mass is 10.00. The van der Waals surface area contributed by atoms with Gasteiger partial charge < -0.3 is 25.7 Å². The molecule has 0 aliphatic rings. The first kappa shape index (κ1) is 50.3. The molecule has 0 aromatic rings. The molecule has 1 amide bonds. The summed E-state index contributed by atoms with van der Waals surface area (Å²) in [7, 11) is 0. The highest BCUT2D eigenvalue weighted by molar-refractivity contribution is 5.80. The summed E-state index contributed by atoms with van der Waals surface area (Å²) in [6.45, 7) is 3.97. The monoisotopic (exact) mass is 732 g/mol. The minimum atomic E-state index is -1.30. The Balaban J connectivity index is 3.78. The number of aliphatic hydroxyl groups excluding tert-OH is 4. The Morgan fingerprint density at radius 3 is 1.27 bits per heavy atom. The van der Waals surface area contributed by atoms with E-state index in [4.69, 9.17) is 0 Å². The fraction of sp³-hybridized carbons (Fsp3) is 0.804. The maximum absolute atomic E-state index is 12.4. The van der Waals surface area contributed by atoms with Gasteiger partial charge in [-0.1, -0.05) is 172 Å². The molecule has 0 rings (SSSR count). The van der Waals surface area contributed by atoms with Gasteiger partial charge in [0, 0.05) is 0 Å². The van der Waals surface area contributed by atoms with E-state index in [1.54, 1.807) is 0 Å². The predicted octanol–water partition coefficient (Wildman–Crippen LogP) is 11.5. The van der Waals surface area contributed by atoms with Crippen molar-refractivity contribution in [3.05, 3.63) is 48.6 Å². The Hall–Kier alpha value is -1.73. The summed E-state index contributed by atoms with van der Waals surface area (Å²) in [5.74, 6) is -0.613. The number of unbranched alkanes of at least 4 members (excludes halogenated alkanes) is 22. The molecular formula is C46H85NO5. The highest BCUT2D eigenvalue weighted by atomic mass is 16.3. The van der Waals surface area contributed by atoms with E-state index in [-0.39, 0.29) is 0 Å². The molecule has 6 heteroatoms. The van der Waals surface area contributed by atoms with Crippen LogP contribution in [0.3, 0.4) is 0 Å². The Morgan fingerprint density at radius 2 is 0.827 bits per heavy atom. The lowest BCUT2D eigenvalue weighted by Gasteiger charge is -2.27. The molecule has 6 nitrogen and oxygen atoms in total. The zero-order chi connectivity index (χ0) is 38.2. The van der Waals surface area contributed by atoms with Crippen LogP contribution >= 0.6 is 0 Å². The molecule has 0 radical (unpaired) electrons. The standard InChI is InChI=1S/C46H85NO5/c1-3-5-7-9-11-13-15-16-17-18-19-20-21-22-23-24-25-26-27-28-29-30-32-33-35-37-39-43(49)45(51)42(41-48)47-46(52)44(50)40-38-36-34-31-14-12-10-8-6-4-2/h10,12,23-24,27-28,32-33,42-45,48-51H,3-9,11,13-22,25-26,29-31,34-41H2,1-2H3,(H,47,52)/b12-10-,24-23+,28-27+,33-32+. The molecule has 0 aliphatic heterocycles. The van der Waals surface area contributed by atoms with Crippen molar-refractivity contribution >= 4 is 5.91 Å². The molecule has 52 heavy (non-hydrogen) atoms. The van der Waals surface area contributed by atoms with Crippen LogP contribution in [0.4, 0.5) is 0 Å². The first-order valence-corrected chi connectivity index (χ1v) is 22.0. The third kappa shape index (κ3) is 34.1. The van der Waals surface area contributed by atoms with E-state index in [9.17, 15) is 25.2 Å². The zero-order valence-electron chi connectivity index (χ0n) is 34.0. The van der Waals surface area contributed by atoms with Crippen LogP contribution in [0, 0.1) is 0 Å². The normalized spacial score (nSPS) is 14.7. The Labute approximate surface area is 321 Å². The molecule has 4 unspecified atom stereocenters. The van der Waals surface area contributed by atoms with Crippen molar-refractivity contribution in [1.29, 1.82) is 0 Å². The van der Waals surface area contributed by atoms with Crippen LogP contribution in [-0.4, -0.2) is 57.3 Å². The first-order valence-electron chi connectivity index (χ1n) is 22.0. The van der Waals surface area contributed by atoms with Gasteiger partial charge in [-0.25, -0.2) is 0 Å². The van der Waals surface area contributed by atoms with Gasteiger partial charge >= 0.3 is 0 Å². The third-order valence-corrected chi connectivity index (χ3v) is 9.97. The summed E-state index contributed by atoms with van der Waals surface area (Å²) in [5.41, 5.74) is 0. The quantitative estimate of drug-likeness (QED) is 0.0319. The summed E-state index contributed by atoms with van der Waals surface area (Å²) >= 11 is 0. The number of amides is 1. The van der Waals surface area contributed by atoms with Gasteiger partial charge in [0.1, 0.15) is 12.2 Å². The highest BCUT2D eigenvalue weighted by Crippen LogP contribution is 2.14. The third-order valence-electron chi connectivity index (χ3n) is 9.97. The van der Waals surface area contributed by atoms with Gasteiger partial charge in [-0.3, -0.25) is 4.79 Å². The number of carbonyl (C=O) groups excluding carboxylic acids is 1. The van der Waals surface area contributed by atoms with Crippen LogP contribution in [-0.2, 0) is 4.79 Å². The maximum Gasteiger partial charge on any atom is 0.249 e. The van der Waals surface area contributed by atoms with E-state index in [0.717, 1.165) is 70.6 Å². The van der Waals surface area contributed by atoms with Crippen LogP contribution in [0.1, 0.15) is 206 Å². The minimum Gasteiger partial charge on any atom is -0.394 e. The lowest BCUT2D eigenvalue weighted by molar-refractivity contribution is -0.132. The summed E-state index contributed by atoms with van der Waals surface area (Å²) < 4.78 is 0. The molecule has 5 N–H and O–H groups in total. The van der Waals surface area contributed by atoms with Crippen LogP contribution < -0.4 is 5.32 Å². The average Bonchev–Trinajstić information content (AvgIpc) is 3.15. The number of allylic oxidation sites excluding steroid dienone is 8. The number of hydrogen-bond donors (Lipinski definition) is 5. The van der Waals surface area contributed by atoms with E-state index < -0.39 is 36.9 Å². The van der Waals surface area contributed by atoms with Crippen LogP contribution in [0.25, 0.3) is 0 Å². The smallest absolute Gasteiger partial charge is 0.249 e. The fourth-order valence-electron chi connectivity index (χ4n) is 6.42. The largest absolute Gasteiger partial charge is 0.394 e. The maximum atomic E-state index is 12.4. The fourth-order valence-corrected chi connectivity index (χ4v) is 6.42. The Kier molecular flexibility index (Phi) is 39.1. The van der Waals surface area contributed by atoms with Crippen molar-refractivity contribution < 1.29 is 25.2 Å². The molecule has 0 fully saturated rings. The second kappa shape index (κ2) is 40.5. The molecule has 304 valence electrons. The van der Waals surface area contributed by atoms with Gasteiger partial charge in [-0.05, 0) is 83.5 Å². The second-order valence-electron chi connectivity index (χ2n) is 15.0. The van der Waals surface area contributed by atoms with Crippen LogP contribution in [0.5, 0.6) is 0 Å².